The summed E-state index contributed by atoms with van der Waals surface area (Å²) in [6.45, 7) is 0.569. The number of aromatic nitrogens is 2. The molecule has 1 aromatic carbocycles. The van der Waals surface area contributed by atoms with Gasteiger partial charge in [0.1, 0.15) is 5.82 Å². The first-order valence-corrected chi connectivity index (χ1v) is 8.23. The second kappa shape index (κ2) is 7.55. The second-order valence-electron chi connectivity index (χ2n) is 6.27. The maximum Gasteiger partial charge on any atom is 0.267 e. The molecule has 1 aliphatic carbocycles. The molecule has 2 aromatic rings. The van der Waals surface area contributed by atoms with Crippen molar-refractivity contribution in [2.45, 2.75) is 37.1 Å². The molecule has 1 heterocycles. The molecule has 1 fully saturated rings. The minimum Gasteiger partial charge on any atom is -0.382 e. The maximum absolute atomic E-state index is 12.0. The van der Waals surface area contributed by atoms with Gasteiger partial charge in [0.25, 0.3) is 5.56 Å². The molecule has 0 atom stereocenters. The largest absolute Gasteiger partial charge is 0.382 e. The summed E-state index contributed by atoms with van der Waals surface area (Å²) in [5.41, 5.74) is 12.8. The Balaban J connectivity index is 0.00000208. The Kier molecular flexibility index (Phi) is 5.91. The Bertz CT molecular complexity index is 754. The molecule has 24 heavy (non-hydrogen) atoms. The number of rotatable bonds is 3. The molecule has 4 N–H and O–H groups in total. The van der Waals surface area contributed by atoms with Gasteiger partial charge in [0.05, 0.1) is 6.04 Å². The standard InChI is InChI=1S/C17H21ClN4O.ClH/c18-13-3-1-2-12(10-13)17(11-19)8-6-14(7-9-17)22-16(23)5-4-15(20)21-22;/h1-5,10,14H,6-9,11,19H2,(H2,20,21);1H/t14-,17+;. The Hall–Kier alpha value is -1.56. The number of nitrogens with two attached hydrogens (primary N) is 2. The average molecular weight is 369 g/mol. The lowest BCUT2D eigenvalue weighted by Crippen LogP contribution is -2.41. The van der Waals surface area contributed by atoms with Gasteiger partial charge in [0.15, 0.2) is 0 Å². The summed E-state index contributed by atoms with van der Waals surface area (Å²) in [5.74, 6) is 0.370. The summed E-state index contributed by atoms with van der Waals surface area (Å²) in [6, 6.07) is 11.0. The van der Waals surface area contributed by atoms with Gasteiger partial charge in [0, 0.05) is 23.0 Å². The average Bonchev–Trinajstić information content (AvgIpc) is 2.57. The molecule has 0 spiro atoms. The van der Waals surface area contributed by atoms with Gasteiger partial charge in [-0.25, -0.2) is 4.68 Å². The van der Waals surface area contributed by atoms with Gasteiger partial charge < -0.3 is 11.5 Å². The molecule has 0 bridgehead atoms. The van der Waals surface area contributed by atoms with Gasteiger partial charge in [-0.1, -0.05) is 23.7 Å². The Morgan fingerprint density at radius 3 is 2.58 bits per heavy atom. The van der Waals surface area contributed by atoms with Crippen LogP contribution in [0.15, 0.2) is 41.2 Å². The van der Waals surface area contributed by atoms with Crippen LogP contribution in [0.3, 0.4) is 0 Å². The SMILES string of the molecule is Cl.NC[C@]1(c2cccc(Cl)c2)CC[C@@H](n2nc(N)ccc2=O)CC1. The summed E-state index contributed by atoms with van der Waals surface area (Å²) in [7, 11) is 0. The number of nitrogens with zero attached hydrogens (tertiary/aromatic N) is 2. The molecular weight excluding hydrogens is 347 g/mol. The zero-order valence-electron chi connectivity index (χ0n) is 13.3. The van der Waals surface area contributed by atoms with Crippen LogP contribution < -0.4 is 17.0 Å². The van der Waals surface area contributed by atoms with Gasteiger partial charge in [-0.2, -0.15) is 5.10 Å². The topological polar surface area (TPSA) is 86.9 Å². The zero-order valence-corrected chi connectivity index (χ0v) is 14.9. The van der Waals surface area contributed by atoms with E-state index in [1.807, 2.05) is 18.2 Å². The molecule has 3 rings (SSSR count). The highest BCUT2D eigenvalue weighted by Crippen LogP contribution is 2.42. The molecule has 1 saturated carbocycles. The van der Waals surface area contributed by atoms with Gasteiger partial charge >= 0.3 is 0 Å². The summed E-state index contributed by atoms with van der Waals surface area (Å²) >= 11 is 6.14. The van der Waals surface area contributed by atoms with E-state index < -0.39 is 0 Å². The van der Waals surface area contributed by atoms with E-state index in [0.717, 1.165) is 30.7 Å². The van der Waals surface area contributed by atoms with Crippen LogP contribution in [0.5, 0.6) is 0 Å². The van der Waals surface area contributed by atoms with Crippen molar-refractivity contribution in [2.24, 2.45) is 5.73 Å². The van der Waals surface area contributed by atoms with Crippen LogP contribution >= 0.6 is 24.0 Å². The lowest BCUT2D eigenvalue weighted by Gasteiger charge is -2.40. The van der Waals surface area contributed by atoms with Crippen LogP contribution in [0.2, 0.25) is 5.02 Å². The van der Waals surface area contributed by atoms with E-state index in [2.05, 4.69) is 11.2 Å². The summed E-state index contributed by atoms with van der Waals surface area (Å²) in [6.07, 6.45) is 3.50. The van der Waals surface area contributed by atoms with Crippen LogP contribution in [0, 0.1) is 0 Å². The highest BCUT2D eigenvalue weighted by Gasteiger charge is 2.36. The van der Waals surface area contributed by atoms with Gasteiger partial charge in [-0.15, -0.1) is 12.4 Å². The number of benzene rings is 1. The Morgan fingerprint density at radius 1 is 1.25 bits per heavy atom. The van der Waals surface area contributed by atoms with Crippen molar-refractivity contribution in [3.8, 4) is 0 Å². The molecular formula is C17H22Cl2N4O. The van der Waals surface area contributed by atoms with E-state index >= 15 is 0 Å². The molecule has 0 amide bonds. The molecule has 0 saturated heterocycles. The summed E-state index contributed by atoms with van der Waals surface area (Å²) in [4.78, 5) is 12.0. The normalized spacial score (nSPS) is 23.5. The number of nitrogen functional groups attached to an aromatic ring is 1. The van der Waals surface area contributed by atoms with Crippen LogP contribution in [-0.4, -0.2) is 16.3 Å². The Morgan fingerprint density at radius 2 is 1.96 bits per heavy atom. The third-order valence-corrected chi connectivity index (χ3v) is 5.17. The number of anilines is 1. The lowest BCUT2D eigenvalue weighted by atomic mass is 9.68. The van der Waals surface area contributed by atoms with Crippen molar-refractivity contribution >= 4 is 29.8 Å². The van der Waals surface area contributed by atoms with E-state index in [9.17, 15) is 4.79 Å². The van der Waals surface area contributed by atoms with Crippen molar-refractivity contribution in [3.63, 3.8) is 0 Å². The van der Waals surface area contributed by atoms with Crippen molar-refractivity contribution in [2.75, 3.05) is 12.3 Å². The predicted molar refractivity (Wildman–Crippen MR) is 99.8 cm³/mol. The minimum absolute atomic E-state index is 0. The molecule has 0 aliphatic heterocycles. The van der Waals surface area contributed by atoms with Gasteiger partial charge in [-0.05, 0) is 49.4 Å². The van der Waals surface area contributed by atoms with E-state index in [4.69, 9.17) is 23.1 Å². The lowest BCUT2D eigenvalue weighted by molar-refractivity contribution is 0.222. The van der Waals surface area contributed by atoms with Crippen LogP contribution in [0.1, 0.15) is 37.3 Å². The first-order valence-electron chi connectivity index (χ1n) is 7.85. The first kappa shape index (κ1) is 18.8. The second-order valence-corrected chi connectivity index (χ2v) is 6.70. The fourth-order valence-electron chi connectivity index (χ4n) is 3.53. The highest BCUT2D eigenvalue weighted by atomic mass is 35.5. The summed E-state index contributed by atoms with van der Waals surface area (Å²) < 4.78 is 1.52. The van der Waals surface area contributed by atoms with E-state index in [1.54, 1.807) is 0 Å². The molecule has 1 aromatic heterocycles. The molecule has 5 nitrogen and oxygen atoms in total. The fourth-order valence-corrected chi connectivity index (χ4v) is 3.72. The van der Waals surface area contributed by atoms with Gasteiger partial charge in [0.2, 0.25) is 0 Å². The molecule has 0 radical (unpaired) electrons. The third-order valence-electron chi connectivity index (χ3n) is 4.93. The van der Waals surface area contributed by atoms with Crippen molar-refractivity contribution < 1.29 is 0 Å². The third kappa shape index (κ3) is 3.58. The fraction of sp³-hybridized carbons (Fsp3) is 0.412. The quantitative estimate of drug-likeness (QED) is 0.871. The first-order chi connectivity index (χ1) is 11.0. The van der Waals surface area contributed by atoms with Crippen molar-refractivity contribution in [3.05, 3.63) is 57.3 Å². The van der Waals surface area contributed by atoms with Crippen LogP contribution in [-0.2, 0) is 5.41 Å². The van der Waals surface area contributed by atoms with E-state index in [-0.39, 0.29) is 29.4 Å². The smallest absolute Gasteiger partial charge is 0.267 e. The summed E-state index contributed by atoms with van der Waals surface area (Å²) in [5, 5.41) is 4.91. The monoisotopic (exact) mass is 368 g/mol. The van der Waals surface area contributed by atoms with Gasteiger partial charge in [-0.3, -0.25) is 4.79 Å². The van der Waals surface area contributed by atoms with E-state index in [0.29, 0.717) is 12.4 Å². The molecule has 0 unspecified atom stereocenters. The number of hydrogen-bond donors (Lipinski definition) is 2. The van der Waals surface area contributed by atoms with Crippen LogP contribution in [0.4, 0.5) is 5.82 Å². The van der Waals surface area contributed by atoms with Crippen LogP contribution in [0.25, 0.3) is 0 Å². The maximum atomic E-state index is 12.0. The molecule has 1 aliphatic rings. The number of hydrogen-bond acceptors (Lipinski definition) is 4. The van der Waals surface area contributed by atoms with E-state index in [1.165, 1.54) is 22.4 Å². The molecule has 7 heteroatoms. The van der Waals surface area contributed by atoms with Crippen molar-refractivity contribution in [1.82, 2.24) is 9.78 Å². The Labute approximate surface area is 152 Å². The minimum atomic E-state index is -0.104. The highest BCUT2D eigenvalue weighted by molar-refractivity contribution is 6.30. The zero-order chi connectivity index (χ0) is 16.4. The van der Waals surface area contributed by atoms with Crippen molar-refractivity contribution in [1.29, 1.82) is 0 Å². The predicted octanol–water partition coefficient (Wildman–Crippen LogP) is 2.91. The molecule has 130 valence electrons. The number of halogens is 2.